The lowest BCUT2D eigenvalue weighted by atomic mass is 10.2. The molecule has 0 aromatic rings. The lowest BCUT2D eigenvalue weighted by Gasteiger charge is -2.18. The highest BCUT2D eigenvalue weighted by Crippen LogP contribution is 2.34. The Morgan fingerprint density at radius 3 is 2.56 bits per heavy atom. The maximum atomic E-state index is 5.46. The smallest absolute Gasteiger partial charge is 0.178 e. The number of hydrogen-bond acceptors (Lipinski definition) is 3. The van der Waals surface area contributed by atoms with E-state index in [1.54, 1.807) is 0 Å². The van der Waals surface area contributed by atoms with Gasteiger partial charge in [0.05, 0.1) is 13.2 Å². The molecule has 2 saturated heterocycles. The SMILES string of the molecule is C1COC2(CCSC2)O1. The van der Waals surface area contributed by atoms with Crippen LogP contribution in [0.25, 0.3) is 0 Å². The average molecular weight is 146 g/mol. The highest BCUT2D eigenvalue weighted by atomic mass is 32.2. The van der Waals surface area contributed by atoms with Gasteiger partial charge in [-0.25, -0.2) is 0 Å². The van der Waals surface area contributed by atoms with Gasteiger partial charge in [0.25, 0.3) is 0 Å². The summed E-state index contributed by atoms with van der Waals surface area (Å²) in [4.78, 5) is 0. The van der Waals surface area contributed by atoms with Crippen molar-refractivity contribution in [1.29, 1.82) is 0 Å². The normalized spacial score (nSPS) is 32.0. The number of rotatable bonds is 0. The summed E-state index contributed by atoms with van der Waals surface area (Å²) in [7, 11) is 0. The Balaban J connectivity index is 2.04. The van der Waals surface area contributed by atoms with Gasteiger partial charge < -0.3 is 9.47 Å². The number of ether oxygens (including phenoxy) is 2. The molecule has 0 aromatic heterocycles. The maximum Gasteiger partial charge on any atom is 0.178 e. The molecule has 0 unspecified atom stereocenters. The minimum Gasteiger partial charge on any atom is -0.347 e. The molecule has 0 bridgehead atoms. The van der Waals surface area contributed by atoms with Crippen LogP contribution in [0.15, 0.2) is 0 Å². The van der Waals surface area contributed by atoms with Crippen molar-refractivity contribution in [2.45, 2.75) is 12.2 Å². The summed E-state index contributed by atoms with van der Waals surface area (Å²) in [5.41, 5.74) is 0. The van der Waals surface area contributed by atoms with Crippen molar-refractivity contribution in [3.63, 3.8) is 0 Å². The molecule has 0 N–H and O–H groups in total. The molecule has 0 amide bonds. The minimum atomic E-state index is -0.148. The zero-order chi connectivity index (χ0) is 6.16. The topological polar surface area (TPSA) is 18.5 Å². The second-order valence-corrected chi connectivity index (χ2v) is 3.52. The molecule has 0 saturated carbocycles. The Bertz CT molecular complexity index is 86.1. The van der Waals surface area contributed by atoms with E-state index in [0.29, 0.717) is 0 Å². The number of thioether (sulfide) groups is 1. The van der Waals surface area contributed by atoms with Gasteiger partial charge in [0.1, 0.15) is 0 Å². The van der Waals surface area contributed by atoms with E-state index in [0.717, 1.165) is 25.4 Å². The molecule has 0 aromatic carbocycles. The quantitative estimate of drug-likeness (QED) is 0.505. The van der Waals surface area contributed by atoms with E-state index in [9.17, 15) is 0 Å². The Morgan fingerprint density at radius 2 is 2.00 bits per heavy atom. The predicted octanol–water partition coefficient (Wildman–Crippen LogP) is 0.866. The van der Waals surface area contributed by atoms with Gasteiger partial charge in [0.15, 0.2) is 5.79 Å². The lowest BCUT2D eigenvalue weighted by molar-refractivity contribution is -0.134. The van der Waals surface area contributed by atoms with Crippen LogP contribution in [0.4, 0.5) is 0 Å². The summed E-state index contributed by atoms with van der Waals surface area (Å²) in [6.45, 7) is 1.58. The highest BCUT2D eigenvalue weighted by Gasteiger charge is 2.39. The molecular weight excluding hydrogens is 136 g/mol. The first-order chi connectivity index (χ1) is 4.41. The van der Waals surface area contributed by atoms with Crippen LogP contribution in [0.2, 0.25) is 0 Å². The van der Waals surface area contributed by atoms with Gasteiger partial charge in [-0.15, -0.1) is 0 Å². The molecule has 2 aliphatic rings. The monoisotopic (exact) mass is 146 g/mol. The minimum absolute atomic E-state index is 0.148. The lowest BCUT2D eigenvalue weighted by Crippen LogP contribution is -2.28. The van der Waals surface area contributed by atoms with Gasteiger partial charge in [-0.2, -0.15) is 11.8 Å². The van der Waals surface area contributed by atoms with Crippen LogP contribution in [0.5, 0.6) is 0 Å². The maximum absolute atomic E-state index is 5.46. The summed E-state index contributed by atoms with van der Waals surface area (Å²) in [6, 6.07) is 0. The highest BCUT2D eigenvalue weighted by molar-refractivity contribution is 7.99. The molecule has 2 rings (SSSR count). The second-order valence-electron chi connectivity index (χ2n) is 2.41. The Morgan fingerprint density at radius 1 is 1.22 bits per heavy atom. The van der Waals surface area contributed by atoms with Crippen molar-refractivity contribution < 1.29 is 9.47 Å². The molecule has 9 heavy (non-hydrogen) atoms. The van der Waals surface area contributed by atoms with E-state index in [1.165, 1.54) is 5.75 Å². The van der Waals surface area contributed by atoms with Crippen LogP contribution in [0.1, 0.15) is 6.42 Å². The molecule has 0 radical (unpaired) electrons. The third-order valence-corrected chi connectivity index (χ3v) is 2.90. The van der Waals surface area contributed by atoms with E-state index in [1.807, 2.05) is 11.8 Å². The van der Waals surface area contributed by atoms with E-state index < -0.39 is 0 Å². The van der Waals surface area contributed by atoms with Crippen molar-refractivity contribution in [2.24, 2.45) is 0 Å². The summed E-state index contributed by atoms with van der Waals surface area (Å²) >= 11 is 1.92. The third kappa shape index (κ3) is 0.974. The summed E-state index contributed by atoms with van der Waals surface area (Å²) in [5, 5.41) is 0. The second kappa shape index (κ2) is 2.15. The zero-order valence-electron chi connectivity index (χ0n) is 5.26. The van der Waals surface area contributed by atoms with Crippen molar-refractivity contribution in [3.8, 4) is 0 Å². The van der Waals surface area contributed by atoms with E-state index in [2.05, 4.69) is 0 Å². The molecule has 2 aliphatic heterocycles. The fourth-order valence-corrected chi connectivity index (χ4v) is 2.47. The Labute approximate surface area is 58.9 Å². The van der Waals surface area contributed by atoms with Gasteiger partial charge >= 0.3 is 0 Å². The molecule has 3 heteroatoms. The van der Waals surface area contributed by atoms with Crippen molar-refractivity contribution in [1.82, 2.24) is 0 Å². The summed E-state index contributed by atoms with van der Waals surface area (Å²) in [6.07, 6.45) is 1.08. The van der Waals surface area contributed by atoms with Gasteiger partial charge in [-0.05, 0) is 5.75 Å². The molecule has 0 atom stereocenters. The Hall–Kier alpha value is 0.270. The molecule has 2 fully saturated rings. The molecule has 2 nitrogen and oxygen atoms in total. The van der Waals surface area contributed by atoms with E-state index in [-0.39, 0.29) is 5.79 Å². The average Bonchev–Trinajstić information content (AvgIpc) is 2.45. The van der Waals surface area contributed by atoms with Crippen molar-refractivity contribution in [2.75, 3.05) is 24.7 Å². The van der Waals surface area contributed by atoms with Crippen LogP contribution in [-0.4, -0.2) is 30.5 Å². The van der Waals surface area contributed by atoms with Gasteiger partial charge in [0, 0.05) is 12.2 Å². The van der Waals surface area contributed by atoms with Crippen LogP contribution < -0.4 is 0 Å². The van der Waals surface area contributed by atoms with E-state index >= 15 is 0 Å². The molecule has 0 aliphatic carbocycles. The third-order valence-electron chi connectivity index (χ3n) is 1.76. The molecule has 1 spiro atoms. The molecule has 2 heterocycles. The number of hydrogen-bond donors (Lipinski definition) is 0. The fourth-order valence-electron chi connectivity index (χ4n) is 1.25. The first-order valence-corrected chi connectivity index (χ1v) is 4.42. The standard InChI is InChI=1S/C6H10O2S/c1-4-9-5-6(1)7-2-3-8-6/h1-5H2. The first-order valence-electron chi connectivity index (χ1n) is 3.27. The van der Waals surface area contributed by atoms with Crippen molar-refractivity contribution in [3.05, 3.63) is 0 Å². The fraction of sp³-hybridized carbons (Fsp3) is 1.00. The van der Waals surface area contributed by atoms with Gasteiger partial charge in [-0.1, -0.05) is 0 Å². The van der Waals surface area contributed by atoms with Crippen LogP contribution in [0.3, 0.4) is 0 Å². The van der Waals surface area contributed by atoms with E-state index in [4.69, 9.17) is 9.47 Å². The van der Waals surface area contributed by atoms with Crippen LogP contribution >= 0.6 is 11.8 Å². The largest absolute Gasteiger partial charge is 0.347 e. The first kappa shape index (κ1) is 6.01. The summed E-state index contributed by atoms with van der Waals surface area (Å²) < 4.78 is 10.9. The van der Waals surface area contributed by atoms with Crippen LogP contribution in [0, 0.1) is 0 Å². The van der Waals surface area contributed by atoms with Crippen LogP contribution in [-0.2, 0) is 9.47 Å². The predicted molar refractivity (Wildman–Crippen MR) is 36.6 cm³/mol. The van der Waals surface area contributed by atoms with Crippen molar-refractivity contribution >= 4 is 11.8 Å². The Kier molecular flexibility index (Phi) is 1.43. The van der Waals surface area contributed by atoms with Gasteiger partial charge in [-0.3, -0.25) is 0 Å². The molecule has 52 valence electrons. The molecular formula is C6H10O2S. The zero-order valence-corrected chi connectivity index (χ0v) is 6.08. The summed E-state index contributed by atoms with van der Waals surface area (Å²) in [5.74, 6) is 2.08. The van der Waals surface area contributed by atoms with Gasteiger partial charge in [0.2, 0.25) is 0 Å².